The molecule has 1 N–H and O–H groups in total. The summed E-state index contributed by atoms with van der Waals surface area (Å²) in [5, 5.41) is 9.48. The molecule has 2 aromatic carbocycles. The molecule has 3 rings (SSSR count). The van der Waals surface area contributed by atoms with Crippen LogP contribution in [0.1, 0.15) is 21.5 Å². The van der Waals surface area contributed by atoms with Gasteiger partial charge in [0.25, 0.3) is 0 Å². The molecule has 0 atom stereocenters. The second kappa shape index (κ2) is 5.58. The Morgan fingerprint density at radius 3 is 2.41 bits per heavy atom. The minimum absolute atomic E-state index is 0.334. The maximum Gasteiger partial charge on any atom is 0.351 e. The van der Waals surface area contributed by atoms with Crippen molar-refractivity contribution in [1.82, 2.24) is 0 Å². The molecule has 0 aliphatic rings. The number of carbonyl (C=O) groups is 1. The van der Waals surface area contributed by atoms with Crippen molar-refractivity contribution in [2.24, 2.45) is 0 Å². The number of carboxylic acid groups (broad SMARTS) is 1. The van der Waals surface area contributed by atoms with Crippen molar-refractivity contribution in [3.8, 4) is 11.8 Å². The van der Waals surface area contributed by atoms with Gasteiger partial charge in [-0.1, -0.05) is 30.0 Å². The van der Waals surface area contributed by atoms with Crippen molar-refractivity contribution >= 4 is 16.9 Å². The predicted molar refractivity (Wildman–Crippen MR) is 81.9 cm³/mol. The second-order valence-corrected chi connectivity index (χ2v) is 4.62. The molecule has 0 aliphatic heterocycles. The van der Waals surface area contributed by atoms with E-state index in [-0.39, 0.29) is 5.56 Å². The van der Waals surface area contributed by atoms with Gasteiger partial charge >= 0.3 is 11.6 Å². The lowest BCUT2D eigenvalue weighted by molar-refractivity contribution is 0.0692. The smallest absolute Gasteiger partial charge is 0.351 e. The van der Waals surface area contributed by atoms with Crippen molar-refractivity contribution in [2.75, 3.05) is 0 Å². The maximum absolute atomic E-state index is 11.5. The highest BCUT2D eigenvalue weighted by molar-refractivity contribution is 5.91. The highest BCUT2D eigenvalue weighted by Gasteiger charge is 2.11. The van der Waals surface area contributed by atoms with Gasteiger partial charge in [0.15, 0.2) is 0 Å². The van der Waals surface area contributed by atoms with Gasteiger partial charge in [-0.2, -0.15) is 0 Å². The standard InChI is InChI=1S/C18H10O4/c19-17(20)15-11-14-10-13(8-9-16(14)22-18(15)21)7-6-12-4-2-1-3-5-12/h1-5,8-11H,(H,19,20). The predicted octanol–water partition coefficient (Wildman–Crippen LogP) is 2.89. The summed E-state index contributed by atoms with van der Waals surface area (Å²) in [7, 11) is 0. The van der Waals surface area contributed by atoms with Crippen molar-refractivity contribution in [2.45, 2.75) is 0 Å². The Morgan fingerprint density at radius 1 is 0.955 bits per heavy atom. The third-order valence-electron chi connectivity index (χ3n) is 3.09. The van der Waals surface area contributed by atoms with Gasteiger partial charge in [0.2, 0.25) is 0 Å². The Balaban J connectivity index is 2.06. The Labute approximate surface area is 125 Å². The average molecular weight is 290 g/mol. The van der Waals surface area contributed by atoms with E-state index in [1.165, 1.54) is 6.07 Å². The SMILES string of the molecule is O=C(O)c1cc2cc(C#Cc3ccccc3)ccc2oc1=O. The van der Waals surface area contributed by atoms with Crippen LogP contribution in [0.2, 0.25) is 0 Å². The fourth-order valence-electron chi connectivity index (χ4n) is 2.02. The van der Waals surface area contributed by atoms with E-state index in [0.29, 0.717) is 16.5 Å². The molecule has 0 saturated heterocycles. The van der Waals surface area contributed by atoms with Gasteiger partial charge in [-0.25, -0.2) is 9.59 Å². The van der Waals surface area contributed by atoms with Crippen LogP contribution in [0, 0.1) is 11.8 Å². The fraction of sp³-hybridized carbons (Fsp3) is 0. The molecule has 22 heavy (non-hydrogen) atoms. The van der Waals surface area contributed by atoms with E-state index in [4.69, 9.17) is 9.52 Å². The minimum atomic E-state index is -1.31. The summed E-state index contributed by atoms with van der Waals surface area (Å²) in [4.78, 5) is 22.5. The minimum Gasteiger partial charge on any atom is -0.477 e. The zero-order valence-electron chi connectivity index (χ0n) is 11.4. The van der Waals surface area contributed by atoms with Crippen LogP contribution >= 0.6 is 0 Å². The lowest BCUT2D eigenvalue weighted by atomic mass is 10.1. The summed E-state index contributed by atoms with van der Waals surface area (Å²) in [6, 6.07) is 15.8. The van der Waals surface area contributed by atoms with E-state index in [2.05, 4.69) is 11.8 Å². The van der Waals surface area contributed by atoms with Crippen LogP contribution in [-0.4, -0.2) is 11.1 Å². The van der Waals surface area contributed by atoms with Crippen LogP contribution < -0.4 is 5.63 Å². The highest BCUT2D eigenvalue weighted by Crippen LogP contribution is 2.15. The molecule has 1 heterocycles. The van der Waals surface area contributed by atoms with Gasteiger partial charge in [0, 0.05) is 16.5 Å². The van der Waals surface area contributed by atoms with E-state index in [9.17, 15) is 9.59 Å². The summed E-state index contributed by atoms with van der Waals surface area (Å²) in [6.07, 6.45) is 0. The van der Waals surface area contributed by atoms with E-state index in [1.807, 2.05) is 30.3 Å². The third kappa shape index (κ3) is 2.74. The molecular formula is C18H10O4. The largest absolute Gasteiger partial charge is 0.477 e. The molecule has 1 aromatic heterocycles. The molecule has 0 spiro atoms. The molecule has 0 unspecified atom stereocenters. The van der Waals surface area contributed by atoms with Crippen LogP contribution in [-0.2, 0) is 0 Å². The zero-order chi connectivity index (χ0) is 15.5. The average Bonchev–Trinajstić information content (AvgIpc) is 2.53. The van der Waals surface area contributed by atoms with Gasteiger partial charge in [-0.15, -0.1) is 0 Å². The lowest BCUT2D eigenvalue weighted by Crippen LogP contribution is -2.12. The summed E-state index contributed by atoms with van der Waals surface area (Å²) in [5.41, 5.74) is 0.680. The molecule has 0 amide bonds. The molecule has 0 radical (unpaired) electrons. The topological polar surface area (TPSA) is 67.5 Å². The zero-order valence-corrected chi connectivity index (χ0v) is 11.4. The van der Waals surface area contributed by atoms with Crippen LogP contribution in [0.25, 0.3) is 11.0 Å². The summed E-state index contributed by atoms with van der Waals surface area (Å²) in [6.45, 7) is 0. The summed E-state index contributed by atoms with van der Waals surface area (Å²) in [5.74, 6) is 4.71. The van der Waals surface area contributed by atoms with Gasteiger partial charge in [-0.3, -0.25) is 0 Å². The van der Waals surface area contributed by atoms with Gasteiger partial charge in [0.05, 0.1) is 0 Å². The maximum atomic E-state index is 11.5. The second-order valence-electron chi connectivity index (χ2n) is 4.62. The first kappa shape index (κ1) is 13.7. The molecule has 0 aliphatic carbocycles. The first-order valence-corrected chi connectivity index (χ1v) is 6.52. The van der Waals surface area contributed by atoms with Crippen LogP contribution in [0.3, 0.4) is 0 Å². The first-order chi connectivity index (χ1) is 10.6. The Morgan fingerprint density at radius 2 is 1.68 bits per heavy atom. The number of hydrogen-bond acceptors (Lipinski definition) is 3. The van der Waals surface area contributed by atoms with Crippen molar-refractivity contribution in [3.05, 3.63) is 81.7 Å². The number of carboxylic acids is 1. The molecule has 0 fully saturated rings. The Hall–Kier alpha value is -3.32. The quantitative estimate of drug-likeness (QED) is 0.552. The van der Waals surface area contributed by atoms with Crippen LogP contribution in [0.5, 0.6) is 0 Å². The van der Waals surface area contributed by atoms with Crippen molar-refractivity contribution in [1.29, 1.82) is 0 Å². The number of rotatable bonds is 1. The number of aromatic carboxylic acids is 1. The molecule has 0 bridgehead atoms. The molecule has 3 aromatic rings. The monoisotopic (exact) mass is 290 g/mol. The van der Waals surface area contributed by atoms with E-state index < -0.39 is 11.6 Å². The Kier molecular flexibility index (Phi) is 3.47. The molecule has 106 valence electrons. The number of hydrogen-bond donors (Lipinski definition) is 1. The number of fused-ring (bicyclic) bond motifs is 1. The molecule has 4 nitrogen and oxygen atoms in total. The van der Waals surface area contributed by atoms with E-state index in [0.717, 1.165) is 5.56 Å². The van der Waals surface area contributed by atoms with Gasteiger partial charge < -0.3 is 9.52 Å². The highest BCUT2D eigenvalue weighted by atomic mass is 16.4. The van der Waals surface area contributed by atoms with Crippen LogP contribution in [0.4, 0.5) is 0 Å². The summed E-state index contributed by atoms with van der Waals surface area (Å²) >= 11 is 0. The van der Waals surface area contributed by atoms with Gasteiger partial charge in [0.1, 0.15) is 11.1 Å². The van der Waals surface area contributed by atoms with Gasteiger partial charge in [-0.05, 0) is 36.4 Å². The third-order valence-corrected chi connectivity index (χ3v) is 3.09. The fourth-order valence-corrected chi connectivity index (χ4v) is 2.02. The first-order valence-electron chi connectivity index (χ1n) is 6.52. The summed E-state index contributed by atoms with van der Waals surface area (Å²) < 4.78 is 4.99. The molecular weight excluding hydrogens is 280 g/mol. The van der Waals surface area contributed by atoms with E-state index >= 15 is 0 Å². The van der Waals surface area contributed by atoms with Crippen molar-refractivity contribution in [3.63, 3.8) is 0 Å². The Bertz CT molecular complexity index is 973. The molecule has 0 saturated carbocycles. The lowest BCUT2D eigenvalue weighted by Gasteiger charge is -1.99. The van der Waals surface area contributed by atoms with Crippen molar-refractivity contribution < 1.29 is 14.3 Å². The molecule has 4 heteroatoms. The van der Waals surface area contributed by atoms with Crippen LogP contribution in [0.15, 0.2) is 63.8 Å². The normalized spacial score (nSPS) is 10.0. The van der Waals surface area contributed by atoms with E-state index in [1.54, 1.807) is 18.2 Å². The number of benzene rings is 2.